The van der Waals surface area contributed by atoms with Crippen molar-refractivity contribution in [3.05, 3.63) is 47.3 Å². The molecule has 9 nitrogen and oxygen atoms in total. The van der Waals surface area contributed by atoms with Gasteiger partial charge in [-0.2, -0.15) is 5.10 Å². The molecule has 1 unspecified atom stereocenters. The molecule has 4 rings (SSSR count). The van der Waals surface area contributed by atoms with Crippen molar-refractivity contribution in [3.63, 3.8) is 0 Å². The molecule has 1 amide bonds. The summed E-state index contributed by atoms with van der Waals surface area (Å²) < 4.78 is 0. The lowest BCUT2D eigenvalue weighted by Gasteiger charge is -2.39. The summed E-state index contributed by atoms with van der Waals surface area (Å²) >= 11 is 1.44. The quantitative estimate of drug-likeness (QED) is 0.321. The van der Waals surface area contributed by atoms with Crippen LogP contribution in [0.4, 0.5) is 0 Å². The van der Waals surface area contributed by atoms with E-state index in [4.69, 9.17) is 10.7 Å². The van der Waals surface area contributed by atoms with E-state index < -0.39 is 5.41 Å². The number of amides is 1. The van der Waals surface area contributed by atoms with E-state index in [-0.39, 0.29) is 18.1 Å². The first-order chi connectivity index (χ1) is 13.6. The Bertz CT molecular complexity index is 930. The molecule has 2 aromatic heterocycles. The number of aromatic amines is 1. The predicted octanol–water partition coefficient (Wildman–Crippen LogP) is 0.406. The number of hydrogen-bond donors (Lipinski definition) is 2. The van der Waals surface area contributed by atoms with Crippen LogP contribution in [-0.2, 0) is 28.1 Å². The van der Waals surface area contributed by atoms with Crippen molar-refractivity contribution in [1.82, 2.24) is 30.0 Å². The Labute approximate surface area is 166 Å². The number of nitrogens with two attached hydrogens (primary N) is 1. The zero-order valence-corrected chi connectivity index (χ0v) is 16.3. The lowest BCUT2D eigenvalue weighted by atomic mass is 9.77. The normalized spacial score (nSPS) is 22.7. The summed E-state index contributed by atoms with van der Waals surface area (Å²) in [6, 6.07) is 1.92. The van der Waals surface area contributed by atoms with E-state index in [9.17, 15) is 9.59 Å². The molecule has 2 aliphatic heterocycles. The minimum absolute atomic E-state index is 0.137. The molecule has 0 radical (unpaired) electrons. The van der Waals surface area contributed by atoms with Gasteiger partial charge in [0.1, 0.15) is 5.41 Å². The van der Waals surface area contributed by atoms with Crippen LogP contribution in [0, 0.1) is 0 Å². The molecule has 10 heteroatoms. The molecule has 1 spiro atoms. The number of fused-ring (bicyclic) bond motifs is 2. The number of aromatic nitrogens is 4. The predicted molar refractivity (Wildman–Crippen MR) is 103 cm³/mol. The van der Waals surface area contributed by atoms with Gasteiger partial charge in [0.15, 0.2) is 11.4 Å². The number of aldehydes is 1. The average molecular weight is 399 g/mol. The molecule has 1 fully saturated rings. The van der Waals surface area contributed by atoms with Crippen molar-refractivity contribution in [2.24, 2.45) is 5.73 Å². The monoisotopic (exact) mass is 399 g/mol. The summed E-state index contributed by atoms with van der Waals surface area (Å²) in [7, 11) is 0. The number of nitrogens with one attached hydrogen (secondary N) is 1. The van der Waals surface area contributed by atoms with Crippen LogP contribution in [0.2, 0.25) is 0 Å². The Hall–Kier alpha value is -2.72. The van der Waals surface area contributed by atoms with Gasteiger partial charge in [-0.05, 0) is 18.7 Å². The lowest BCUT2D eigenvalue weighted by Crippen LogP contribution is -2.53. The van der Waals surface area contributed by atoms with Crippen molar-refractivity contribution < 1.29 is 9.59 Å². The third-order valence-corrected chi connectivity index (χ3v) is 5.93. The van der Waals surface area contributed by atoms with Crippen LogP contribution in [0.5, 0.6) is 0 Å². The summed E-state index contributed by atoms with van der Waals surface area (Å²) in [4.78, 5) is 37.8. The molecule has 3 N–H and O–H groups in total. The summed E-state index contributed by atoms with van der Waals surface area (Å²) in [6.45, 7) is 2.15. The van der Waals surface area contributed by atoms with E-state index in [0.717, 1.165) is 23.5 Å². The van der Waals surface area contributed by atoms with Gasteiger partial charge in [0.2, 0.25) is 5.91 Å². The highest BCUT2D eigenvalue weighted by Gasteiger charge is 2.53. The van der Waals surface area contributed by atoms with Gasteiger partial charge < -0.3 is 10.6 Å². The highest BCUT2D eigenvalue weighted by molar-refractivity contribution is 7.98. The van der Waals surface area contributed by atoms with E-state index in [1.165, 1.54) is 22.9 Å². The Morgan fingerprint density at radius 1 is 1.50 bits per heavy atom. The van der Waals surface area contributed by atoms with Gasteiger partial charge in [0.25, 0.3) is 0 Å². The maximum atomic E-state index is 13.6. The minimum Gasteiger partial charge on any atom is -0.403 e. The standard InChI is InChI=1S/C18H21N7O2S/c1-28-17-20-7-12-8-25(14(6-19)10-26)16(27)18(15(12)22-17)3-5-24(11-18)9-13-2-4-21-23-13/h2,4,6-7,10H,3,5,8-9,11,19H2,1H3,(H,21,23)/b14-6+. The second kappa shape index (κ2) is 7.36. The van der Waals surface area contributed by atoms with Crippen LogP contribution in [0.25, 0.3) is 0 Å². The van der Waals surface area contributed by atoms with Gasteiger partial charge in [-0.1, -0.05) is 11.8 Å². The summed E-state index contributed by atoms with van der Waals surface area (Å²) in [5, 5.41) is 7.59. The molecule has 1 atom stereocenters. The van der Waals surface area contributed by atoms with Gasteiger partial charge >= 0.3 is 0 Å². The van der Waals surface area contributed by atoms with Gasteiger partial charge in [0, 0.05) is 49.5 Å². The van der Waals surface area contributed by atoms with Crippen LogP contribution in [-0.4, -0.2) is 61.5 Å². The van der Waals surface area contributed by atoms with Crippen molar-refractivity contribution in [2.75, 3.05) is 19.3 Å². The summed E-state index contributed by atoms with van der Waals surface area (Å²) in [5.74, 6) is -0.137. The zero-order valence-electron chi connectivity index (χ0n) is 15.5. The Balaban J connectivity index is 1.75. The fourth-order valence-electron chi connectivity index (χ4n) is 4.03. The largest absolute Gasteiger partial charge is 0.403 e. The maximum Gasteiger partial charge on any atom is 0.241 e. The summed E-state index contributed by atoms with van der Waals surface area (Å²) in [5.41, 5.74) is 7.55. The van der Waals surface area contributed by atoms with Gasteiger partial charge in [-0.3, -0.25) is 19.6 Å². The molecular formula is C18H21N7O2S. The molecule has 0 aromatic carbocycles. The van der Waals surface area contributed by atoms with E-state index in [0.29, 0.717) is 31.0 Å². The zero-order chi connectivity index (χ0) is 19.7. The van der Waals surface area contributed by atoms with Gasteiger partial charge in [0.05, 0.1) is 17.9 Å². The Kier molecular flexibility index (Phi) is 4.90. The van der Waals surface area contributed by atoms with Crippen molar-refractivity contribution in [3.8, 4) is 0 Å². The van der Waals surface area contributed by atoms with Crippen molar-refractivity contribution >= 4 is 24.0 Å². The van der Waals surface area contributed by atoms with Crippen molar-refractivity contribution in [1.29, 1.82) is 0 Å². The third-order valence-electron chi connectivity index (χ3n) is 5.37. The highest BCUT2D eigenvalue weighted by Crippen LogP contribution is 2.42. The average Bonchev–Trinajstić information content (AvgIpc) is 3.38. The van der Waals surface area contributed by atoms with Crippen LogP contribution in [0.3, 0.4) is 0 Å². The fraction of sp³-hybridized carbons (Fsp3) is 0.389. The second-order valence-electron chi connectivity index (χ2n) is 6.96. The molecule has 146 valence electrons. The molecular weight excluding hydrogens is 378 g/mol. The number of carbonyl (C=O) groups excluding carboxylic acids is 2. The topological polar surface area (TPSA) is 121 Å². The van der Waals surface area contributed by atoms with E-state index in [1.807, 2.05) is 12.3 Å². The molecule has 0 saturated carbocycles. The molecule has 0 aliphatic carbocycles. The number of likely N-dealkylation sites (tertiary alicyclic amines) is 1. The smallest absolute Gasteiger partial charge is 0.241 e. The Morgan fingerprint density at radius 2 is 2.36 bits per heavy atom. The molecule has 2 aromatic rings. The summed E-state index contributed by atoms with van der Waals surface area (Å²) in [6.07, 6.45) is 7.79. The number of H-pyrrole nitrogens is 1. The van der Waals surface area contributed by atoms with Crippen LogP contribution in [0.1, 0.15) is 23.4 Å². The van der Waals surface area contributed by atoms with E-state index >= 15 is 0 Å². The highest BCUT2D eigenvalue weighted by atomic mass is 32.2. The number of hydrogen-bond acceptors (Lipinski definition) is 8. The molecule has 4 heterocycles. The first-order valence-corrected chi connectivity index (χ1v) is 10.1. The molecule has 0 bridgehead atoms. The minimum atomic E-state index is -0.821. The van der Waals surface area contributed by atoms with E-state index in [2.05, 4.69) is 20.1 Å². The SMILES string of the molecule is CSc1ncc2c(n1)C1(CCN(Cc3ccn[nH]3)C1)C(=O)N(/C(C=O)=C/N)C2. The van der Waals surface area contributed by atoms with Crippen LogP contribution < -0.4 is 5.73 Å². The van der Waals surface area contributed by atoms with Crippen LogP contribution >= 0.6 is 11.8 Å². The molecule has 28 heavy (non-hydrogen) atoms. The van der Waals surface area contributed by atoms with Gasteiger partial charge in [-0.15, -0.1) is 0 Å². The second-order valence-corrected chi connectivity index (χ2v) is 7.73. The number of allylic oxidation sites excluding steroid dienone is 1. The van der Waals surface area contributed by atoms with Crippen molar-refractivity contribution in [2.45, 2.75) is 30.1 Å². The molecule has 2 aliphatic rings. The molecule has 1 saturated heterocycles. The number of carbonyl (C=O) groups is 2. The van der Waals surface area contributed by atoms with Gasteiger partial charge in [-0.25, -0.2) is 9.97 Å². The lowest BCUT2D eigenvalue weighted by molar-refractivity contribution is -0.138. The van der Waals surface area contributed by atoms with E-state index in [1.54, 1.807) is 12.4 Å². The third kappa shape index (κ3) is 2.98. The number of thioether (sulfide) groups is 1. The first kappa shape index (κ1) is 18.6. The number of nitrogens with zero attached hydrogens (tertiary/aromatic N) is 5. The fourth-order valence-corrected chi connectivity index (χ4v) is 4.37. The maximum absolute atomic E-state index is 13.6. The van der Waals surface area contributed by atoms with Crippen LogP contribution in [0.15, 0.2) is 35.5 Å². The number of rotatable bonds is 5. The Morgan fingerprint density at radius 3 is 3.04 bits per heavy atom. The first-order valence-electron chi connectivity index (χ1n) is 8.91.